The number of quaternary nitrogens is 1. The predicted molar refractivity (Wildman–Crippen MR) is 112 cm³/mol. The first-order valence-corrected chi connectivity index (χ1v) is 10.1. The second-order valence-electron chi connectivity index (χ2n) is 7.20. The van der Waals surface area contributed by atoms with E-state index in [1.807, 2.05) is 0 Å². The molecular formula is C22H28ClN2O4+. The van der Waals surface area contributed by atoms with Crippen molar-refractivity contribution in [1.29, 1.82) is 0 Å². The first-order valence-electron chi connectivity index (χ1n) is 9.72. The van der Waals surface area contributed by atoms with Crippen molar-refractivity contribution in [2.75, 3.05) is 47.1 Å². The van der Waals surface area contributed by atoms with Crippen LogP contribution >= 0.6 is 11.6 Å². The lowest BCUT2D eigenvalue weighted by Crippen LogP contribution is -3.14. The topological polar surface area (TPSA) is 61.2 Å². The molecule has 1 atom stereocenters. The number of benzene rings is 2. The Morgan fingerprint density at radius 3 is 2.48 bits per heavy atom. The van der Waals surface area contributed by atoms with Crippen LogP contribution < -0.4 is 19.7 Å². The number of nitrogens with one attached hydrogen (secondary N) is 2. The van der Waals surface area contributed by atoms with Gasteiger partial charge in [-0.1, -0.05) is 41.4 Å². The largest absolute Gasteiger partial charge is 0.493 e. The molecule has 0 bridgehead atoms. The number of hydrogen-bond donors (Lipinski definition) is 2. The van der Waals surface area contributed by atoms with Crippen LogP contribution in [0.4, 0.5) is 0 Å². The van der Waals surface area contributed by atoms with E-state index in [0.717, 1.165) is 38.4 Å². The molecule has 29 heavy (non-hydrogen) atoms. The van der Waals surface area contributed by atoms with Gasteiger partial charge in [-0.3, -0.25) is 4.79 Å². The van der Waals surface area contributed by atoms with Gasteiger partial charge in [0.25, 0.3) is 5.91 Å². The minimum Gasteiger partial charge on any atom is -0.493 e. The number of ether oxygens (including phenoxy) is 3. The first kappa shape index (κ1) is 21.4. The molecule has 1 aliphatic rings. The minimum atomic E-state index is -0.203. The third-order valence-corrected chi connectivity index (χ3v) is 5.45. The zero-order chi connectivity index (χ0) is 20.8. The predicted octanol–water partition coefficient (Wildman–Crippen LogP) is 2.05. The highest BCUT2D eigenvalue weighted by Gasteiger charge is 2.24. The fraction of sp³-hybridized carbons (Fsp3) is 0.409. The number of amides is 1. The SMILES string of the molecule is COc1cc(C(=O)N[C@H](C[NH+]2CCOCC2)c2ccc(C)cc2)cc(Cl)c1OC. The van der Waals surface area contributed by atoms with Gasteiger partial charge >= 0.3 is 0 Å². The number of aryl methyl sites for hydroxylation is 1. The molecule has 7 heteroatoms. The smallest absolute Gasteiger partial charge is 0.252 e. The summed E-state index contributed by atoms with van der Waals surface area (Å²) >= 11 is 6.28. The quantitative estimate of drug-likeness (QED) is 0.721. The molecule has 0 unspecified atom stereocenters. The van der Waals surface area contributed by atoms with Gasteiger partial charge in [-0.05, 0) is 24.6 Å². The molecule has 1 heterocycles. The van der Waals surface area contributed by atoms with E-state index in [0.29, 0.717) is 22.1 Å². The Bertz CT molecular complexity index is 835. The Hall–Kier alpha value is -2.28. The van der Waals surface area contributed by atoms with Crippen LogP contribution in [0.15, 0.2) is 36.4 Å². The number of methoxy groups -OCH3 is 2. The van der Waals surface area contributed by atoms with Gasteiger partial charge in [0.1, 0.15) is 25.7 Å². The molecule has 0 spiro atoms. The molecule has 2 aromatic rings. The molecule has 6 nitrogen and oxygen atoms in total. The van der Waals surface area contributed by atoms with Gasteiger partial charge in [0.2, 0.25) is 0 Å². The lowest BCUT2D eigenvalue weighted by Gasteiger charge is -2.28. The molecule has 1 fully saturated rings. The zero-order valence-electron chi connectivity index (χ0n) is 17.1. The van der Waals surface area contributed by atoms with E-state index in [1.54, 1.807) is 12.1 Å². The Balaban J connectivity index is 1.83. The fourth-order valence-electron chi connectivity index (χ4n) is 3.49. The van der Waals surface area contributed by atoms with Crippen molar-refractivity contribution < 1.29 is 23.9 Å². The molecule has 2 N–H and O–H groups in total. The molecule has 1 amide bonds. The third-order valence-electron chi connectivity index (χ3n) is 5.17. The summed E-state index contributed by atoms with van der Waals surface area (Å²) in [5.41, 5.74) is 2.69. The van der Waals surface area contributed by atoms with Crippen LogP contribution in [0, 0.1) is 6.92 Å². The van der Waals surface area contributed by atoms with E-state index >= 15 is 0 Å². The van der Waals surface area contributed by atoms with Crippen molar-refractivity contribution in [1.82, 2.24) is 5.32 Å². The van der Waals surface area contributed by atoms with Gasteiger partial charge in [0, 0.05) is 5.56 Å². The molecule has 1 saturated heterocycles. The van der Waals surface area contributed by atoms with Crippen LogP contribution in [0.25, 0.3) is 0 Å². The summed E-state index contributed by atoms with van der Waals surface area (Å²) in [7, 11) is 3.04. The molecule has 1 aliphatic heterocycles. The van der Waals surface area contributed by atoms with Crippen LogP contribution in [-0.4, -0.2) is 53.0 Å². The zero-order valence-corrected chi connectivity index (χ0v) is 17.8. The van der Waals surface area contributed by atoms with Crippen LogP contribution in [0.3, 0.4) is 0 Å². The molecule has 0 aliphatic carbocycles. The molecule has 0 aromatic heterocycles. The number of halogens is 1. The summed E-state index contributed by atoms with van der Waals surface area (Å²) in [6, 6.07) is 11.4. The maximum Gasteiger partial charge on any atom is 0.252 e. The maximum atomic E-state index is 13.1. The van der Waals surface area contributed by atoms with Crippen molar-refractivity contribution in [3.05, 3.63) is 58.1 Å². The Morgan fingerprint density at radius 2 is 1.86 bits per heavy atom. The molecule has 156 valence electrons. The summed E-state index contributed by atoms with van der Waals surface area (Å²) in [6.07, 6.45) is 0. The van der Waals surface area contributed by atoms with E-state index in [-0.39, 0.29) is 11.9 Å². The average Bonchev–Trinajstić information content (AvgIpc) is 2.73. The van der Waals surface area contributed by atoms with Crippen molar-refractivity contribution in [3.63, 3.8) is 0 Å². The standard InChI is InChI=1S/C22H27ClN2O4/c1-15-4-6-16(7-5-15)19(14-25-8-10-29-11-9-25)24-22(26)17-12-18(23)21(28-3)20(13-17)27-2/h4-7,12-13,19H,8-11,14H2,1-3H3,(H,24,26)/p+1/t19-/m1/s1. The molecule has 0 radical (unpaired) electrons. The minimum absolute atomic E-state index is 0.122. The summed E-state index contributed by atoms with van der Waals surface area (Å²) in [5.74, 6) is 0.639. The van der Waals surface area contributed by atoms with E-state index < -0.39 is 0 Å². The Morgan fingerprint density at radius 1 is 1.17 bits per heavy atom. The summed E-state index contributed by atoms with van der Waals surface area (Å²) < 4.78 is 16.0. The number of carbonyl (C=O) groups excluding carboxylic acids is 1. The Labute approximate surface area is 176 Å². The molecule has 2 aromatic carbocycles. The average molecular weight is 420 g/mol. The van der Waals surface area contributed by atoms with Gasteiger partial charge in [-0.25, -0.2) is 0 Å². The first-order chi connectivity index (χ1) is 14.0. The number of carbonyl (C=O) groups is 1. The van der Waals surface area contributed by atoms with E-state index in [9.17, 15) is 4.79 Å². The van der Waals surface area contributed by atoms with E-state index in [2.05, 4.69) is 36.5 Å². The van der Waals surface area contributed by atoms with E-state index in [4.69, 9.17) is 25.8 Å². The van der Waals surface area contributed by atoms with Gasteiger partial charge in [-0.15, -0.1) is 0 Å². The number of hydrogen-bond acceptors (Lipinski definition) is 4. The maximum absolute atomic E-state index is 13.1. The highest BCUT2D eigenvalue weighted by Crippen LogP contribution is 2.36. The van der Waals surface area contributed by atoms with Crippen molar-refractivity contribution in [2.24, 2.45) is 0 Å². The molecule has 3 rings (SSSR count). The van der Waals surface area contributed by atoms with Crippen LogP contribution in [-0.2, 0) is 4.74 Å². The van der Waals surface area contributed by atoms with Gasteiger partial charge in [-0.2, -0.15) is 0 Å². The van der Waals surface area contributed by atoms with Crippen LogP contribution in [0.1, 0.15) is 27.5 Å². The second kappa shape index (κ2) is 9.96. The number of morpholine rings is 1. The van der Waals surface area contributed by atoms with Crippen molar-refractivity contribution in [3.8, 4) is 11.5 Å². The van der Waals surface area contributed by atoms with Gasteiger partial charge < -0.3 is 24.4 Å². The Kier molecular flexibility index (Phi) is 7.36. The summed E-state index contributed by atoms with van der Waals surface area (Å²) in [5, 5.41) is 3.51. The highest BCUT2D eigenvalue weighted by molar-refractivity contribution is 6.32. The fourth-order valence-corrected chi connectivity index (χ4v) is 3.78. The van der Waals surface area contributed by atoms with Gasteiger partial charge in [0.05, 0.1) is 32.5 Å². The lowest BCUT2D eigenvalue weighted by molar-refractivity contribution is -0.909. The van der Waals surface area contributed by atoms with Gasteiger partial charge in [0.15, 0.2) is 11.5 Å². The molecular weight excluding hydrogens is 392 g/mol. The van der Waals surface area contributed by atoms with Crippen LogP contribution in [0.5, 0.6) is 11.5 Å². The highest BCUT2D eigenvalue weighted by atomic mass is 35.5. The van der Waals surface area contributed by atoms with Crippen LogP contribution in [0.2, 0.25) is 5.02 Å². The summed E-state index contributed by atoms with van der Waals surface area (Å²) in [6.45, 7) is 6.20. The lowest BCUT2D eigenvalue weighted by atomic mass is 10.0. The monoisotopic (exact) mass is 419 g/mol. The van der Waals surface area contributed by atoms with Crippen molar-refractivity contribution in [2.45, 2.75) is 13.0 Å². The molecule has 0 saturated carbocycles. The summed E-state index contributed by atoms with van der Waals surface area (Å²) in [4.78, 5) is 14.5. The van der Waals surface area contributed by atoms with Crippen molar-refractivity contribution >= 4 is 17.5 Å². The van der Waals surface area contributed by atoms with E-state index in [1.165, 1.54) is 24.7 Å². The second-order valence-corrected chi connectivity index (χ2v) is 7.60. The number of rotatable bonds is 7. The third kappa shape index (κ3) is 5.41. The normalized spacial score (nSPS) is 15.6.